The zero-order chi connectivity index (χ0) is 18.1. The van der Waals surface area contributed by atoms with Crippen LogP contribution in [0.4, 0.5) is 0 Å². The van der Waals surface area contributed by atoms with Crippen LogP contribution < -0.4 is 5.32 Å². The zero-order valence-electron chi connectivity index (χ0n) is 14.7. The summed E-state index contributed by atoms with van der Waals surface area (Å²) >= 11 is 0. The maximum atomic E-state index is 12.7. The predicted octanol–water partition coefficient (Wildman–Crippen LogP) is 3.05. The first-order valence-electron chi connectivity index (χ1n) is 8.57. The number of hydrogen-bond acceptors (Lipinski definition) is 3. The van der Waals surface area contributed by atoms with Crippen molar-refractivity contribution in [2.24, 2.45) is 7.05 Å². The van der Waals surface area contributed by atoms with E-state index < -0.39 is 11.9 Å². The molecule has 0 bridgehead atoms. The van der Waals surface area contributed by atoms with Crippen LogP contribution in [0.1, 0.15) is 76.2 Å². The van der Waals surface area contributed by atoms with Crippen molar-refractivity contribution in [2.45, 2.75) is 45.1 Å². The molecule has 1 atom stereocenters. The number of fused-ring (bicyclic) bond motifs is 1. The van der Waals surface area contributed by atoms with E-state index in [1.165, 1.54) is 22.0 Å². The second-order valence-electron chi connectivity index (χ2n) is 6.87. The lowest BCUT2D eigenvalue weighted by Gasteiger charge is -2.27. The molecule has 1 amide bonds. The number of hydrogen-bond donors (Lipinski definition) is 2. The summed E-state index contributed by atoms with van der Waals surface area (Å²) in [6.07, 6.45) is 4.06. The lowest BCUT2D eigenvalue weighted by molar-refractivity contribution is 0.0689. The highest BCUT2D eigenvalue weighted by Gasteiger charge is 2.27. The number of aryl methyl sites for hydroxylation is 2. The van der Waals surface area contributed by atoms with Gasteiger partial charge < -0.3 is 10.4 Å². The van der Waals surface area contributed by atoms with Crippen molar-refractivity contribution in [1.29, 1.82) is 0 Å². The number of rotatable bonds is 4. The van der Waals surface area contributed by atoms with Crippen LogP contribution in [0.3, 0.4) is 0 Å². The summed E-state index contributed by atoms with van der Waals surface area (Å²) in [7, 11) is 1.58. The molecule has 1 heterocycles. The predicted molar refractivity (Wildman–Crippen MR) is 93.8 cm³/mol. The van der Waals surface area contributed by atoms with Crippen LogP contribution in [-0.2, 0) is 13.5 Å². The number of nitrogens with zero attached hydrogens (tertiary/aromatic N) is 2. The van der Waals surface area contributed by atoms with Gasteiger partial charge in [-0.2, -0.15) is 5.10 Å². The van der Waals surface area contributed by atoms with Crippen molar-refractivity contribution >= 4 is 11.9 Å². The van der Waals surface area contributed by atoms with Crippen molar-refractivity contribution < 1.29 is 14.7 Å². The Morgan fingerprint density at radius 1 is 1.36 bits per heavy atom. The molecule has 6 nitrogen and oxygen atoms in total. The molecule has 1 aliphatic rings. The first-order valence-corrected chi connectivity index (χ1v) is 8.57. The second-order valence-corrected chi connectivity index (χ2v) is 6.87. The number of aromatic nitrogens is 2. The Bertz CT molecular complexity index is 823. The van der Waals surface area contributed by atoms with Gasteiger partial charge >= 0.3 is 5.97 Å². The minimum absolute atomic E-state index is 0.0769. The number of aromatic carboxylic acids is 1. The molecule has 0 saturated heterocycles. The Morgan fingerprint density at radius 3 is 2.80 bits per heavy atom. The number of carboxylic acid groups (broad SMARTS) is 1. The molecule has 1 aliphatic carbocycles. The van der Waals surface area contributed by atoms with E-state index in [2.05, 4.69) is 42.5 Å². The largest absolute Gasteiger partial charge is 0.478 e. The Kier molecular flexibility index (Phi) is 4.61. The molecule has 1 aromatic carbocycles. The number of carbonyl (C=O) groups excluding carboxylic acids is 1. The van der Waals surface area contributed by atoms with Gasteiger partial charge in [-0.25, -0.2) is 4.79 Å². The van der Waals surface area contributed by atoms with Crippen LogP contribution in [0, 0.1) is 0 Å². The Hall–Kier alpha value is -2.63. The van der Waals surface area contributed by atoms with Crippen LogP contribution >= 0.6 is 0 Å². The van der Waals surface area contributed by atoms with Gasteiger partial charge in [0.25, 0.3) is 5.91 Å². The van der Waals surface area contributed by atoms with Gasteiger partial charge in [-0.1, -0.05) is 32.0 Å². The topological polar surface area (TPSA) is 84.2 Å². The highest BCUT2D eigenvalue weighted by Crippen LogP contribution is 2.32. The number of carboxylic acids is 1. The zero-order valence-corrected chi connectivity index (χ0v) is 14.7. The summed E-state index contributed by atoms with van der Waals surface area (Å²) in [5.74, 6) is -1.13. The van der Waals surface area contributed by atoms with Crippen LogP contribution in [0.5, 0.6) is 0 Å². The van der Waals surface area contributed by atoms with Crippen molar-refractivity contribution in [1.82, 2.24) is 15.1 Å². The summed E-state index contributed by atoms with van der Waals surface area (Å²) < 4.78 is 1.31. The minimum Gasteiger partial charge on any atom is -0.478 e. The van der Waals surface area contributed by atoms with Crippen molar-refractivity contribution in [3.8, 4) is 0 Å². The van der Waals surface area contributed by atoms with Crippen molar-refractivity contribution in [2.75, 3.05) is 0 Å². The van der Waals surface area contributed by atoms with E-state index in [9.17, 15) is 14.7 Å². The van der Waals surface area contributed by atoms with Gasteiger partial charge in [0.15, 0.2) is 0 Å². The number of benzene rings is 1. The number of amides is 1. The van der Waals surface area contributed by atoms with Gasteiger partial charge in [0.2, 0.25) is 0 Å². The lowest BCUT2D eigenvalue weighted by Crippen LogP contribution is -2.33. The normalized spacial score (nSPS) is 16.6. The van der Waals surface area contributed by atoms with Gasteiger partial charge in [0, 0.05) is 7.05 Å². The molecule has 3 rings (SSSR count). The molecule has 0 aliphatic heterocycles. The Morgan fingerprint density at radius 2 is 2.12 bits per heavy atom. The van der Waals surface area contributed by atoms with Crippen molar-refractivity contribution in [3.63, 3.8) is 0 Å². The molecule has 1 aromatic heterocycles. The van der Waals surface area contributed by atoms with E-state index >= 15 is 0 Å². The molecule has 0 spiro atoms. The highest BCUT2D eigenvalue weighted by atomic mass is 16.4. The number of nitrogens with one attached hydrogen (secondary N) is 1. The minimum atomic E-state index is -1.15. The Labute approximate surface area is 146 Å². The maximum Gasteiger partial charge on any atom is 0.339 e. The molecule has 6 heteroatoms. The van der Waals surface area contributed by atoms with Crippen molar-refractivity contribution in [3.05, 3.63) is 52.3 Å². The molecular weight excluding hydrogens is 318 g/mol. The summed E-state index contributed by atoms with van der Waals surface area (Å²) in [5, 5.41) is 16.2. The fourth-order valence-corrected chi connectivity index (χ4v) is 3.42. The highest BCUT2D eigenvalue weighted by molar-refractivity contribution is 6.03. The van der Waals surface area contributed by atoms with Crippen LogP contribution in [0.2, 0.25) is 0 Å². The molecule has 2 aromatic rings. The molecule has 0 radical (unpaired) electrons. The summed E-state index contributed by atoms with van der Waals surface area (Å²) in [6, 6.07) is 6.37. The van der Waals surface area contributed by atoms with Gasteiger partial charge in [0.1, 0.15) is 11.3 Å². The fraction of sp³-hybridized carbons (Fsp3) is 0.421. The number of carbonyl (C=O) groups is 2. The van der Waals surface area contributed by atoms with Crippen LogP contribution in [0.15, 0.2) is 24.4 Å². The molecule has 132 valence electrons. The first-order chi connectivity index (χ1) is 11.9. The third-order valence-electron chi connectivity index (χ3n) is 4.84. The summed E-state index contributed by atoms with van der Waals surface area (Å²) in [5.41, 5.74) is 3.65. The SMILES string of the molecule is CC(C)c1ccc2c(c1)[C@@H](NC(=O)c1c(C(=O)O)cnn1C)CCC2. The fourth-order valence-electron chi connectivity index (χ4n) is 3.42. The molecule has 0 fully saturated rings. The van der Waals surface area contributed by atoms with E-state index in [4.69, 9.17) is 0 Å². The quantitative estimate of drug-likeness (QED) is 0.895. The van der Waals surface area contributed by atoms with Gasteiger partial charge in [-0.15, -0.1) is 0 Å². The van der Waals surface area contributed by atoms with Crippen LogP contribution in [0.25, 0.3) is 0 Å². The van der Waals surface area contributed by atoms with E-state index in [-0.39, 0.29) is 17.3 Å². The van der Waals surface area contributed by atoms with Gasteiger partial charge in [-0.05, 0) is 41.9 Å². The third kappa shape index (κ3) is 3.29. The monoisotopic (exact) mass is 341 g/mol. The standard InChI is InChI=1S/C19H23N3O3/c1-11(2)13-8-7-12-5-4-6-16(14(12)9-13)21-18(23)17-15(19(24)25)10-20-22(17)3/h7-11,16H,4-6H2,1-3H3,(H,21,23)(H,24,25)/t16-/m0/s1. The smallest absolute Gasteiger partial charge is 0.339 e. The van der Waals surface area contributed by atoms with Gasteiger partial charge in [-0.3, -0.25) is 9.48 Å². The Balaban J connectivity index is 1.90. The van der Waals surface area contributed by atoms with E-state index in [1.54, 1.807) is 7.05 Å². The summed E-state index contributed by atoms with van der Waals surface area (Å²) in [4.78, 5) is 24.0. The van der Waals surface area contributed by atoms with E-state index in [0.717, 1.165) is 24.8 Å². The summed E-state index contributed by atoms with van der Waals surface area (Å²) in [6.45, 7) is 4.29. The van der Waals surface area contributed by atoms with E-state index in [0.29, 0.717) is 5.92 Å². The molecule has 2 N–H and O–H groups in total. The maximum absolute atomic E-state index is 12.7. The average molecular weight is 341 g/mol. The lowest BCUT2D eigenvalue weighted by atomic mass is 9.85. The van der Waals surface area contributed by atoms with E-state index in [1.807, 2.05) is 0 Å². The second kappa shape index (κ2) is 6.70. The molecular formula is C19H23N3O3. The van der Waals surface area contributed by atoms with Gasteiger partial charge in [0.05, 0.1) is 12.2 Å². The average Bonchev–Trinajstić information content (AvgIpc) is 2.96. The molecule has 0 unspecified atom stereocenters. The molecule has 0 saturated carbocycles. The first kappa shape index (κ1) is 17.2. The van der Waals surface area contributed by atoms with Crippen LogP contribution in [-0.4, -0.2) is 26.8 Å². The third-order valence-corrected chi connectivity index (χ3v) is 4.84. The molecule has 25 heavy (non-hydrogen) atoms.